The van der Waals surface area contributed by atoms with Crippen molar-refractivity contribution in [3.05, 3.63) is 71.8 Å². The standard InChI is InChI=1S/C8H10O.C8H8O.H2S/c2*1-7(9)8-5-3-2-4-6-8;/h2-7,9H,1H3;2-6H,1H3;1H2/t7-;;/m0../s1. The van der Waals surface area contributed by atoms with Crippen LogP contribution in [0.5, 0.6) is 0 Å². The molecule has 0 aliphatic heterocycles. The number of rotatable bonds is 2. The summed E-state index contributed by atoms with van der Waals surface area (Å²) in [7, 11) is 0. The van der Waals surface area contributed by atoms with E-state index in [1.807, 2.05) is 60.7 Å². The normalized spacial score (nSPS) is 10.5. The molecule has 2 nitrogen and oxygen atoms in total. The Morgan fingerprint density at radius 3 is 1.63 bits per heavy atom. The summed E-state index contributed by atoms with van der Waals surface area (Å²) in [4.78, 5) is 10.6. The van der Waals surface area contributed by atoms with Gasteiger partial charge >= 0.3 is 0 Å². The van der Waals surface area contributed by atoms with Gasteiger partial charge in [-0.1, -0.05) is 60.7 Å². The quantitative estimate of drug-likeness (QED) is 0.848. The molecule has 0 aliphatic carbocycles. The summed E-state index contributed by atoms with van der Waals surface area (Å²) in [6, 6.07) is 18.8. The molecule has 1 N–H and O–H groups in total. The lowest BCUT2D eigenvalue weighted by Gasteiger charge is -2.00. The Morgan fingerprint density at radius 2 is 1.37 bits per heavy atom. The number of aliphatic hydroxyl groups is 1. The topological polar surface area (TPSA) is 37.3 Å². The van der Waals surface area contributed by atoms with Gasteiger partial charge in [-0.05, 0) is 19.4 Å². The fourth-order valence-electron chi connectivity index (χ4n) is 1.40. The van der Waals surface area contributed by atoms with Crippen LogP contribution in [0.3, 0.4) is 0 Å². The highest BCUT2D eigenvalue weighted by Gasteiger charge is 1.95. The first kappa shape index (κ1) is 17.4. The summed E-state index contributed by atoms with van der Waals surface area (Å²) in [6.07, 6.45) is -0.341. The van der Waals surface area contributed by atoms with Crippen molar-refractivity contribution in [1.29, 1.82) is 0 Å². The fraction of sp³-hybridized carbons (Fsp3) is 0.188. The molecule has 2 aromatic rings. The van der Waals surface area contributed by atoms with E-state index in [9.17, 15) is 4.79 Å². The maximum Gasteiger partial charge on any atom is 0.159 e. The van der Waals surface area contributed by atoms with Crippen molar-refractivity contribution >= 4 is 19.3 Å². The minimum atomic E-state index is -0.341. The van der Waals surface area contributed by atoms with Gasteiger partial charge in [0.05, 0.1) is 6.10 Å². The molecule has 0 fully saturated rings. The summed E-state index contributed by atoms with van der Waals surface area (Å²) >= 11 is 0. The highest BCUT2D eigenvalue weighted by atomic mass is 32.1. The lowest BCUT2D eigenvalue weighted by Crippen LogP contribution is -1.88. The maximum atomic E-state index is 10.6. The van der Waals surface area contributed by atoms with Gasteiger partial charge in [-0.3, -0.25) is 4.79 Å². The lowest BCUT2D eigenvalue weighted by molar-refractivity contribution is 0.101. The van der Waals surface area contributed by atoms with Gasteiger partial charge in [0.25, 0.3) is 0 Å². The highest BCUT2D eigenvalue weighted by Crippen LogP contribution is 2.09. The van der Waals surface area contributed by atoms with Crippen molar-refractivity contribution in [2.75, 3.05) is 0 Å². The molecule has 0 saturated heterocycles. The monoisotopic (exact) mass is 276 g/mol. The zero-order chi connectivity index (χ0) is 13.4. The molecule has 2 aromatic carbocycles. The average molecular weight is 276 g/mol. The number of hydrogen-bond donors (Lipinski definition) is 1. The van der Waals surface area contributed by atoms with Crippen LogP contribution in [0.4, 0.5) is 0 Å². The Bertz CT molecular complexity index is 467. The molecular formula is C16H20O2S. The SMILES string of the molecule is CC(=O)c1ccccc1.C[C@H](O)c1ccccc1.S. The van der Waals surface area contributed by atoms with Gasteiger partial charge in [0.15, 0.2) is 5.78 Å². The van der Waals surface area contributed by atoms with Gasteiger partial charge in [-0.25, -0.2) is 0 Å². The summed E-state index contributed by atoms with van der Waals surface area (Å²) in [5.41, 5.74) is 1.75. The predicted molar refractivity (Wildman–Crippen MR) is 83.9 cm³/mol. The van der Waals surface area contributed by atoms with Gasteiger partial charge in [-0.2, -0.15) is 13.5 Å². The molecule has 0 spiro atoms. The second-order valence-electron chi connectivity index (χ2n) is 4.01. The van der Waals surface area contributed by atoms with Gasteiger partial charge < -0.3 is 5.11 Å². The van der Waals surface area contributed by atoms with E-state index in [4.69, 9.17) is 5.11 Å². The molecule has 0 aromatic heterocycles. The lowest BCUT2D eigenvalue weighted by atomic mass is 10.1. The third-order valence-electron chi connectivity index (χ3n) is 2.46. The number of aliphatic hydroxyl groups excluding tert-OH is 1. The molecule has 0 bridgehead atoms. The predicted octanol–water partition coefficient (Wildman–Crippen LogP) is 3.74. The van der Waals surface area contributed by atoms with E-state index in [0.717, 1.165) is 11.1 Å². The van der Waals surface area contributed by atoms with E-state index in [1.165, 1.54) is 0 Å². The summed E-state index contributed by atoms with van der Waals surface area (Å²) in [6.45, 7) is 3.32. The van der Waals surface area contributed by atoms with Crippen LogP contribution in [-0.2, 0) is 0 Å². The third-order valence-corrected chi connectivity index (χ3v) is 2.46. The Kier molecular flexibility index (Phi) is 8.58. The van der Waals surface area contributed by atoms with Crippen molar-refractivity contribution < 1.29 is 9.90 Å². The van der Waals surface area contributed by atoms with Crippen molar-refractivity contribution in [2.45, 2.75) is 20.0 Å². The molecule has 2 rings (SSSR count). The zero-order valence-corrected chi connectivity index (χ0v) is 12.2. The van der Waals surface area contributed by atoms with Crippen LogP contribution in [0.1, 0.15) is 35.9 Å². The largest absolute Gasteiger partial charge is 0.389 e. The van der Waals surface area contributed by atoms with Crippen LogP contribution < -0.4 is 0 Å². The van der Waals surface area contributed by atoms with Gasteiger partial charge in [0, 0.05) is 5.56 Å². The first-order chi connectivity index (χ1) is 8.61. The average Bonchev–Trinajstić information content (AvgIpc) is 2.41. The minimum Gasteiger partial charge on any atom is -0.389 e. The molecule has 1 atom stereocenters. The smallest absolute Gasteiger partial charge is 0.159 e. The second kappa shape index (κ2) is 9.36. The molecule has 0 unspecified atom stereocenters. The Morgan fingerprint density at radius 1 is 0.947 bits per heavy atom. The van der Waals surface area contributed by atoms with E-state index in [2.05, 4.69) is 0 Å². The number of hydrogen-bond acceptors (Lipinski definition) is 2. The zero-order valence-electron chi connectivity index (χ0n) is 11.2. The summed E-state index contributed by atoms with van der Waals surface area (Å²) in [5, 5.41) is 9.02. The van der Waals surface area contributed by atoms with Crippen LogP contribution in [0.2, 0.25) is 0 Å². The molecule has 102 valence electrons. The highest BCUT2D eigenvalue weighted by molar-refractivity contribution is 7.59. The van der Waals surface area contributed by atoms with Crippen LogP contribution in [-0.4, -0.2) is 10.9 Å². The Hall–Kier alpha value is -1.58. The van der Waals surface area contributed by atoms with Gasteiger partial charge in [0.1, 0.15) is 0 Å². The molecule has 3 heteroatoms. The van der Waals surface area contributed by atoms with Gasteiger partial charge in [-0.15, -0.1) is 0 Å². The summed E-state index contributed by atoms with van der Waals surface area (Å²) in [5.74, 6) is 0.121. The van der Waals surface area contributed by atoms with Crippen molar-refractivity contribution in [3.8, 4) is 0 Å². The molecular weight excluding hydrogens is 256 g/mol. The van der Waals surface area contributed by atoms with E-state index < -0.39 is 0 Å². The van der Waals surface area contributed by atoms with Crippen LogP contribution in [0.25, 0.3) is 0 Å². The number of ketones is 1. The van der Waals surface area contributed by atoms with E-state index in [0.29, 0.717) is 0 Å². The number of carbonyl (C=O) groups is 1. The first-order valence-electron chi connectivity index (χ1n) is 5.90. The number of Topliss-reactive ketones (excluding diaryl/α,β-unsaturated/α-hetero) is 1. The van der Waals surface area contributed by atoms with Crippen LogP contribution in [0, 0.1) is 0 Å². The van der Waals surface area contributed by atoms with Crippen LogP contribution in [0.15, 0.2) is 60.7 Å². The number of carbonyl (C=O) groups excluding carboxylic acids is 1. The molecule has 0 heterocycles. The molecule has 0 saturated carbocycles. The molecule has 0 aliphatic rings. The van der Waals surface area contributed by atoms with Crippen LogP contribution >= 0.6 is 13.5 Å². The van der Waals surface area contributed by atoms with Gasteiger partial charge in [0.2, 0.25) is 0 Å². The van der Waals surface area contributed by atoms with Crippen molar-refractivity contribution in [2.24, 2.45) is 0 Å². The van der Waals surface area contributed by atoms with E-state index in [1.54, 1.807) is 13.8 Å². The Balaban J connectivity index is 0.000000324. The molecule has 0 amide bonds. The summed E-state index contributed by atoms with van der Waals surface area (Å²) < 4.78 is 0. The van der Waals surface area contributed by atoms with Crippen molar-refractivity contribution in [1.82, 2.24) is 0 Å². The van der Waals surface area contributed by atoms with Crippen molar-refractivity contribution in [3.63, 3.8) is 0 Å². The number of benzene rings is 2. The van der Waals surface area contributed by atoms with E-state index >= 15 is 0 Å². The maximum absolute atomic E-state index is 10.6. The first-order valence-corrected chi connectivity index (χ1v) is 5.90. The van der Waals surface area contributed by atoms with E-state index in [-0.39, 0.29) is 25.4 Å². The fourth-order valence-corrected chi connectivity index (χ4v) is 1.40. The molecule has 19 heavy (non-hydrogen) atoms. The minimum absolute atomic E-state index is 0. The third kappa shape index (κ3) is 6.79. The molecule has 0 radical (unpaired) electrons. The Labute approximate surface area is 121 Å². The second-order valence-corrected chi connectivity index (χ2v) is 4.01.